The van der Waals surface area contributed by atoms with Crippen molar-refractivity contribution in [3.05, 3.63) is 50.8 Å². The van der Waals surface area contributed by atoms with Crippen LogP contribution in [0.25, 0.3) is 0 Å². The Labute approximate surface area is 180 Å². The first-order chi connectivity index (χ1) is 13.4. The van der Waals surface area contributed by atoms with Crippen LogP contribution in [0, 0.1) is 10.8 Å². The van der Waals surface area contributed by atoms with Crippen molar-refractivity contribution in [2.24, 2.45) is 10.8 Å². The molecule has 3 aliphatic rings. The van der Waals surface area contributed by atoms with Crippen LogP contribution in [0.5, 0.6) is 5.75 Å². The van der Waals surface area contributed by atoms with E-state index in [4.69, 9.17) is 0 Å². The zero-order chi connectivity index (χ0) is 21.3. The van der Waals surface area contributed by atoms with E-state index < -0.39 is 0 Å². The monoisotopic (exact) mass is 457 g/mol. The van der Waals surface area contributed by atoms with Crippen LogP contribution >= 0.6 is 15.9 Å². The number of ketones is 2. The Balaban J connectivity index is 1.98. The molecule has 0 atom stereocenters. The van der Waals surface area contributed by atoms with Crippen molar-refractivity contribution >= 4 is 27.5 Å². The molecule has 154 valence electrons. The minimum Gasteiger partial charge on any atom is -0.507 e. The first-order valence-corrected chi connectivity index (χ1v) is 10.9. The molecular formula is C24H28BrNO3. The molecule has 0 fully saturated rings. The molecule has 0 bridgehead atoms. The Hall–Kier alpha value is -1.88. The Bertz CT molecular complexity index is 945. The quantitative estimate of drug-likeness (QED) is 0.607. The number of rotatable bonds is 1. The Kier molecular flexibility index (Phi) is 4.61. The highest BCUT2D eigenvalue weighted by Crippen LogP contribution is 2.54. The van der Waals surface area contributed by atoms with Crippen molar-refractivity contribution in [1.82, 2.24) is 4.90 Å². The summed E-state index contributed by atoms with van der Waals surface area (Å²) in [6.07, 6.45) is 2.59. The second-order valence-electron chi connectivity index (χ2n) is 10.3. The summed E-state index contributed by atoms with van der Waals surface area (Å²) in [5, 5.41) is 9.98. The lowest BCUT2D eigenvalue weighted by Crippen LogP contribution is -2.43. The van der Waals surface area contributed by atoms with E-state index in [0.717, 1.165) is 40.9 Å². The van der Waals surface area contributed by atoms with E-state index in [-0.39, 0.29) is 34.1 Å². The minimum absolute atomic E-state index is 0.101. The van der Waals surface area contributed by atoms with Crippen molar-refractivity contribution in [2.75, 3.05) is 7.05 Å². The maximum Gasteiger partial charge on any atom is 0.162 e. The van der Waals surface area contributed by atoms with Gasteiger partial charge in [0, 0.05) is 48.3 Å². The molecule has 0 unspecified atom stereocenters. The third-order valence-electron chi connectivity index (χ3n) is 6.49. The third kappa shape index (κ3) is 3.37. The van der Waals surface area contributed by atoms with Crippen LogP contribution in [-0.2, 0) is 9.59 Å². The number of carbonyl (C=O) groups is 2. The average Bonchev–Trinajstić information content (AvgIpc) is 2.57. The number of phenols is 1. The van der Waals surface area contributed by atoms with Gasteiger partial charge in [0.2, 0.25) is 0 Å². The molecule has 1 aromatic rings. The van der Waals surface area contributed by atoms with E-state index in [2.05, 4.69) is 48.5 Å². The van der Waals surface area contributed by atoms with Crippen LogP contribution in [0.15, 0.2) is 45.2 Å². The zero-order valence-electron chi connectivity index (χ0n) is 17.7. The SMILES string of the molecule is CN1C2=C(C(=O)CC(C)(C)C2)C(c2ccc(O)c(Br)c2)C2=C1CC(C)(C)CC2=O. The standard InChI is InChI=1S/C24H28BrNO3/c1-23(2)9-15-21(18(28)11-23)20(13-6-7-17(27)14(25)8-13)22-16(26(15)5)10-24(3,4)12-19(22)29/h6-8,20,27H,9-12H2,1-5H3. The summed E-state index contributed by atoms with van der Waals surface area (Å²) in [5.74, 6) is 0.0422. The molecule has 0 spiro atoms. The van der Waals surface area contributed by atoms with Gasteiger partial charge in [-0.1, -0.05) is 33.8 Å². The van der Waals surface area contributed by atoms with Gasteiger partial charge in [0.15, 0.2) is 11.6 Å². The van der Waals surface area contributed by atoms with Crippen molar-refractivity contribution in [2.45, 2.75) is 59.3 Å². The van der Waals surface area contributed by atoms with Crippen molar-refractivity contribution in [3.63, 3.8) is 0 Å². The second-order valence-corrected chi connectivity index (χ2v) is 11.2. The first-order valence-electron chi connectivity index (χ1n) is 10.1. The Morgan fingerprint density at radius 2 is 1.41 bits per heavy atom. The molecule has 0 radical (unpaired) electrons. The fourth-order valence-corrected chi connectivity index (χ4v) is 5.60. The number of allylic oxidation sites excluding steroid dienone is 4. The fourth-order valence-electron chi connectivity index (χ4n) is 5.20. The number of aromatic hydroxyl groups is 1. The van der Waals surface area contributed by atoms with Gasteiger partial charge in [-0.15, -0.1) is 0 Å². The van der Waals surface area contributed by atoms with Gasteiger partial charge < -0.3 is 10.0 Å². The van der Waals surface area contributed by atoms with Gasteiger partial charge >= 0.3 is 0 Å². The highest BCUT2D eigenvalue weighted by atomic mass is 79.9. The van der Waals surface area contributed by atoms with Gasteiger partial charge in [-0.25, -0.2) is 0 Å². The van der Waals surface area contributed by atoms with Crippen LogP contribution in [-0.4, -0.2) is 28.6 Å². The molecule has 1 heterocycles. The van der Waals surface area contributed by atoms with Crippen molar-refractivity contribution in [3.8, 4) is 5.75 Å². The van der Waals surface area contributed by atoms with Crippen LogP contribution in [0.3, 0.4) is 0 Å². The first kappa shape index (κ1) is 20.4. The topological polar surface area (TPSA) is 57.6 Å². The number of hydrogen-bond donors (Lipinski definition) is 1. The predicted octanol–water partition coefficient (Wildman–Crippen LogP) is 5.47. The molecule has 0 amide bonds. The number of phenolic OH excluding ortho intramolecular Hbond substituents is 1. The maximum atomic E-state index is 13.4. The van der Waals surface area contributed by atoms with E-state index in [1.165, 1.54) is 0 Å². The maximum absolute atomic E-state index is 13.4. The summed E-state index contributed by atoms with van der Waals surface area (Å²) < 4.78 is 0.574. The summed E-state index contributed by atoms with van der Waals surface area (Å²) in [6, 6.07) is 5.32. The highest BCUT2D eigenvalue weighted by molar-refractivity contribution is 9.10. The van der Waals surface area contributed by atoms with Crippen molar-refractivity contribution < 1.29 is 14.7 Å². The lowest BCUT2D eigenvalue weighted by atomic mass is 9.64. The number of Topliss-reactive ketones (excluding diaryl/α,β-unsaturated/α-hetero) is 2. The fraction of sp³-hybridized carbons (Fsp3) is 0.500. The van der Waals surface area contributed by atoms with E-state index in [0.29, 0.717) is 17.3 Å². The molecule has 5 heteroatoms. The number of benzene rings is 1. The predicted molar refractivity (Wildman–Crippen MR) is 116 cm³/mol. The number of hydrogen-bond acceptors (Lipinski definition) is 4. The van der Waals surface area contributed by atoms with Gasteiger partial charge in [-0.3, -0.25) is 9.59 Å². The number of nitrogens with zero attached hydrogens (tertiary/aromatic N) is 1. The summed E-state index contributed by atoms with van der Waals surface area (Å²) >= 11 is 3.40. The summed E-state index contributed by atoms with van der Waals surface area (Å²) in [4.78, 5) is 28.8. The zero-order valence-corrected chi connectivity index (χ0v) is 19.3. The minimum atomic E-state index is -0.361. The molecule has 29 heavy (non-hydrogen) atoms. The molecule has 1 aromatic carbocycles. The summed E-state index contributed by atoms with van der Waals surface area (Å²) in [7, 11) is 2.01. The van der Waals surface area contributed by atoms with Crippen molar-refractivity contribution in [1.29, 1.82) is 0 Å². The summed E-state index contributed by atoms with van der Waals surface area (Å²) in [6.45, 7) is 8.53. The largest absolute Gasteiger partial charge is 0.507 e. The van der Waals surface area contributed by atoms with Crippen LogP contribution < -0.4 is 0 Å². The Morgan fingerprint density at radius 3 is 1.86 bits per heavy atom. The van der Waals surface area contributed by atoms with Gasteiger partial charge in [0.1, 0.15) is 5.75 Å². The van der Waals surface area contributed by atoms with Gasteiger partial charge in [0.25, 0.3) is 0 Å². The van der Waals surface area contributed by atoms with Gasteiger partial charge in [0.05, 0.1) is 4.47 Å². The third-order valence-corrected chi connectivity index (χ3v) is 7.12. The molecule has 0 saturated carbocycles. The molecule has 1 N–H and O–H groups in total. The molecule has 4 rings (SSSR count). The molecule has 0 saturated heterocycles. The van der Waals surface area contributed by atoms with Crippen LogP contribution in [0.1, 0.15) is 64.9 Å². The number of carbonyl (C=O) groups excluding carboxylic acids is 2. The lowest BCUT2D eigenvalue weighted by molar-refractivity contribution is -0.119. The van der Waals surface area contributed by atoms with Crippen LogP contribution in [0.2, 0.25) is 0 Å². The van der Waals surface area contributed by atoms with Crippen LogP contribution in [0.4, 0.5) is 0 Å². The Morgan fingerprint density at radius 1 is 0.931 bits per heavy atom. The summed E-state index contributed by atoms with van der Waals surface area (Å²) in [5.41, 5.74) is 4.29. The molecule has 2 aliphatic carbocycles. The van der Waals surface area contributed by atoms with E-state index in [9.17, 15) is 14.7 Å². The molecule has 4 nitrogen and oxygen atoms in total. The van der Waals surface area contributed by atoms with E-state index in [1.54, 1.807) is 6.07 Å². The lowest BCUT2D eigenvalue weighted by Gasteiger charge is -2.47. The van der Waals surface area contributed by atoms with Gasteiger partial charge in [-0.2, -0.15) is 0 Å². The highest BCUT2D eigenvalue weighted by Gasteiger charge is 2.48. The molecule has 0 aromatic heterocycles. The number of halogens is 1. The van der Waals surface area contributed by atoms with Gasteiger partial charge in [-0.05, 0) is 57.3 Å². The van der Waals surface area contributed by atoms with E-state index >= 15 is 0 Å². The smallest absolute Gasteiger partial charge is 0.162 e. The second kappa shape index (κ2) is 6.56. The van der Waals surface area contributed by atoms with E-state index in [1.807, 2.05) is 19.2 Å². The molecular weight excluding hydrogens is 430 g/mol. The normalized spacial score (nSPS) is 24.0. The average molecular weight is 458 g/mol. The molecule has 1 aliphatic heterocycles.